The summed E-state index contributed by atoms with van der Waals surface area (Å²) in [6.07, 6.45) is 2.28. The van der Waals surface area contributed by atoms with E-state index in [2.05, 4.69) is 12.2 Å². The molecule has 3 rings (SSSR count). The number of rotatable bonds is 5. The summed E-state index contributed by atoms with van der Waals surface area (Å²) in [6.45, 7) is 4.15. The molecule has 4 nitrogen and oxygen atoms in total. The Hall–Kier alpha value is -2.20. The fraction of sp³-hybridized carbons (Fsp3) is 0.350. The number of hydrogen-bond donors (Lipinski definition) is 1. The Labute approximate surface area is 153 Å². The molecule has 1 fully saturated rings. The van der Waals surface area contributed by atoms with Crippen LogP contribution in [0, 0.1) is 5.92 Å². The van der Waals surface area contributed by atoms with E-state index in [1.807, 2.05) is 47.4 Å². The summed E-state index contributed by atoms with van der Waals surface area (Å²) in [7, 11) is 0. The molecule has 2 aromatic rings. The molecule has 1 saturated heterocycles. The molecule has 0 aromatic heterocycles. The van der Waals surface area contributed by atoms with Crippen LogP contribution in [0.4, 0.5) is 5.69 Å². The topological polar surface area (TPSA) is 41.6 Å². The number of likely N-dealkylation sites (tertiary alicyclic amines) is 1. The number of benzene rings is 2. The molecule has 0 spiro atoms. The van der Waals surface area contributed by atoms with Gasteiger partial charge in [-0.05, 0) is 43.0 Å². The van der Waals surface area contributed by atoms with Gasteiger partial charge in [0.15, 0.2) is 5.75 Å². The number of halogens is 1. The first-order valence-electron chi connectivity index (χ1n) is 8.66. The molecule has 1 heterocycles. The lowest BCUT2D eigenvalue weighted by Gasteiger charge is -2.31. The van der Waals surface area contributed by atoms with Crippen LogP contribution in [0.15, 0.2) is 48.5 Å². The van der Waals surface area contributed by atoms with Gasteiger partial charge in [0.25, 0.3) is 0 Å². The quantitative estimate of drug-likeness (QED) is 0.834. The summed E-state index contributed by atoms with van der Waals surface area (Å²) in [5.74, 6) is 1.94. The lowest BCUT2D eigenvalue weighted by atomic mass is 10.0. The molecule has 1 N–H and O–H groups in total. The van der Waals surface area contributed by atoms with Crippen molar-refractivity contribution >= 4 is 23.2 Å². The Morgan fingerprint density at radius 2 is 1.92 bits per heavy atom. The number of nitrogens with one attached hydrogen (secondary N) is 1. The third kappa shape index (κ3) is 4.67. The van der Waals surface area contributed by atoms with E-state index in [4.69, 9.17) is 16.3 Å². The maximum absolute atomic E-state index is 12.4. The minimum absolute atomic E-state index is 0.124. The largest absolute Gasteiger partial charge is 0.454 e. The summed E-state index contributed by atoms with van der Waals surface area (Å²) in [6, 6.07) is 14.9. The molecule has 0 saturated carbocycles. The highest BCUT2D eigenvalue weighted by atomic mass is 35.5. The molecule has 5 heteroatoms. The lowest BCUT2D eigenvalue weighted by molar-refractivity contribution is -0.130. The van der Waals surface area contributed by atoms with Crippen LogP contribution in [0.25, 0.3) is 0 Å². The molecule has 2 aromatic carbocycles. The van der Waals surface area contributed by atoms with Gasteiger partial charge in [-0.1, -0.05) is 42.8 Å². The van der Waals surface area contributed by atoms with Crippen LogP contribution < -0.4 is 10.1 Å². The van der Waals surface area contributed by atoms with Gasteiger partial charge in [0.2, 0.25) is 5.91 Å². The van der Waals surface area contributed by atoms with Crippen LogP contribution in [0.5, 0.6) is 11.5 Å². The molecular formula is C20H23ClN2O2. The zero-order chi connectivity index (χ0) is 17.6. The zero-order valence-corrected chi connectivity index (χ0v) is 15.1. The van der Waals surface area contributed by atoms with Crippen molar-refractivity contribution in [2.24, 2.45) is 5.92 Å². The fourth-order valence-corrected chi connectivity index (χ4v) is 3.22. The third-order valence-electron chi connectivity index (χ3n) is 4.38. The van der Waals surface area contributed by atoms with Crippen LogP contribution in [0.1, 0.15) is 19.8 Å². The Morgan fingerprint density at radius 1 is 1.20 bits per heavy atom. The maximum Gasteiger partial charge on any atom is 0.241 e. The zero-order valence-electron chi connectivity index (χ0n) is 14.4. The van der Waals surface area contributed by atoms with Gasteiger partial charge in [-0.2, -0.15) is 0 Å². The van der Waals surface area contributed by atoms with Crippen LogP contribution in [-0.4, -0.2) is 30.4 Å². The predicted octanol–water partition coefficient (Wildman–Crippen LogP) is 4.80. The van der Waals surface area contributed by atoms with E-state index in [9.17, 15) is 4.79 Å². The summed E-state index contributed by atoms with van der Waals surface area (Å²) < 4.78 is 5.92. The lowest BCUT2D eigenvalue weighted by Crippen LogP contribution is -2.41. The number of carbonyl (C=O) groups is 1. The number of hydrogen-bond acceptors (Lipinski definition) is 3. The van der Waals surface area contributed by atoms with Gasteiger partial charge in [-0.15, -0.1) is 0 Å². The SMILES string of the molecule is CC1CCCN(C(=O)CNc2ccccc2Oc2ccccc2Cl)C1. The molecule has 1 aliphatic rings. The van der Waals surface area contributed by atoms with Gasteiger partial charge in [0.1, 0.15) is 5.75 Å². The average molecular weight is 359 g/mol. The highest BCUT2D eigenvalue weighted by Gasteiger charge is 2.20. The van der Waals surface area contributed by atoms with Gasteiger partial charge < -0.3 is 15.0 Å². The second-order valence-electron chi connectivity index (χ2n) is 6.47. The van der Waals surface area contributed by atoms with E-state index in [0.717, 1.165) is 25.2 Å². The van der Waals surface area contributed by atoms with Crippen molar-refractivity contribution in [2.45, 2.75) is 19.8 Å². The van der Waals surface area contributed by atoms with Crippen molar-refractivity contribution in [2.75, 3.05) is 25.0 Å². The van der Waals surface area contributed by atoms with Crippen molar-refractivity contribution < 1.29 is 9.53 Å². The van der Waals surface area contributed by atoms with E-state index in [0.29, 0.717) is 22.4 Å². The van der Waals surface area contributed by atoms with Gasteiger partial charge in [-0.3, -0.25) is 4.79 Å². The predicted molar refractivity (Wildman–Crippen MR) is 101 cm³/mol. The highest BCUT2D eigenvalue weighted by molar-refractivity contribution is 6.32. The second-order valence-corrected chi connectivity index (χ2v) is 6.88. The highest BCUT2D eigenvalue weighted by Crippen LogP contribution is 2.33. The second kappa shape index (κ2) is 8.26. The maximum atomic E-state index is 12.4. The van der Waals surface area contributed by atoms with E-state index in [1.54, 1.807) is 6.07 Å². The summed E-state index contributed by atoms with van der Waals surface area (Å²) in [5, 5.41) is 3.76. The van der Waals surface area contributed by atoms with Crippen molar-refractivity contribution in [1.29, 1.82) is 0 Å². The van der Waals surface area contributed by atoms with Crippen LogP contribution in [0.2, 0.25) is 5.02 Å². The van der Waals surface area contributed by atoms with E-state index >= 15 is 0 Å². The van der Waals surface area contributed by atoms with Crippen molar-refractivity contribution in [3.05, 3.63) is 53.6 Å². The molecule has 0 radical (unpaired) electrons. The molecule has 0 aliphatic carbocycles. The Balaban J connectivity index is 1.65. The first kappa shape index (κ1) is 17.6. The number of carbonyl (C=O) groups excluding carboxylic acids is 1. The minimum Gasteiger partial charge on any atom is -0.454 e. The van der Waals surface area contributed by atoms with E-state index in [1.165, 1.54) is 6.42 Å². The van der Waals surface area contributed by atoms with Gasteiger partial charge in [-0.25, -0.2) is 0 Å². The van der Waals surface area contributed by atoms with Gasteiger partial charge in [0, 0.05) is 13.1 Å². The summed E-state index contributed by atoms with van der Waals surface area (Å²) in [4.78, 5) is 14.4. The number of para-hydroxylation sites is 3. The summed E-state index contributed by atoms with van der Waals surface area (Å²) in [5.41, 5.74) is 0.779. The van der Waals surface area contributed by atoms with Crippen molar-refractivity contribution in [3.8, 4) is 11.5 Å². The number of amides is 1. The molecule has 1 unspecified atom stereocenters. The summed E-state index contributed by atoms with van der Waals surface area (Å²) >= 11 is 6.16. The van der Waals surface area contributed by atoms with Crippen molar-refractivity contribution in [1.82, 2.24) is 4.90 Å². The standard InChI is InChI=1S/C20H23ClN2O2/c1-15-7-6-12-23(14-15)20(24)13-22-17-9-3-5-11-19(17)25-18-10-4-2-8-16(18)21/h2-5,8-11,15,22H,6-7,12-14H2,1H3. The number of piperidine rings is 1. The first-order valence-corrected chi connectivity index (χ1v) is 9.04. The smallest absolute Gasteiger partial charge is 0.241 e. The molecular weight excluding hydrogens is 336 g/mol. The van der Waals surface area contributed by atoms with E-state index in [-0.39, 0.29) is 12.5 Å². The molecule has 1 aliphatic heterocycles. The van der Waals surface area contributed by atoms with Crippen LogP contribution >= 0.6 is 11.6 Å². The Kier molecular flexibility index (Phi) is 5.82. The monoisotopic (exact) mass is 358 g/mol. The minimum atomic E-state index is 0.124. The molecule has 132 valence electrons. The third-order valence-corrected chi connectivity index (χ3v) is 4.70. The Morgan fingerprint density at radius 3 is 2.68 bits per heavy atom. The first-order chi connectivity index (χ1) is 12.1. The van der Waals surface area contributed by atoms with Crippen LogP contribution in [0.3, 0.4) is 0 Å². The molecule has 25 heavy (non-hydrogen) atoms. The molecule has 1 atom stereocenters. The average Bonchev–Trinajstić information content (AvgIpc) is 2.62. The fourth-order valence-electron chi connectivity index (χ4n) is 3.05. The number of nitrogens with zero attached hydrogens (tertiary/aromatic N) is 1. The van der Waals surface area contributed by atoms with Gasteiger partial charge in [0.05, 0.1) is 17.3 Å². The van der Waals surface area contributed by atoms with Gasteiger partial charge >= 0.3 is 0 Å². The number of anilines is 1. The number of ether oxygens (including phenoxy) is 1. The van der Waals surface area contributed by atoms with Crippen molar-refractivity contribution in [3.63, 3.8) is 0 Å². The Bertz CT molecular complexity index is 735. The molecule has 0 bridgehead atoms. The normalized spacial score (nSPS) is 17.2. The molecule has 1 amide bonds. The van der Waals surface area contributed by atoms with E-state index < -0.39 is 0 Å². The van der Waals surface area contributed by atoms with Crippen LogP contribution in [-0.2, 0) is 4.79 Å².